The number of carbonyl (C=O) groups excluding carboxylic acids is 1. The quantitative estimate of drug-likeness (QED) is 0.753. The van der Waals surface area contributed by atoms with E-state index < -0.39 is 0 Å². The lowest BCUT2D eigenvalue weighted by Gasteiger charge is -2.25. The van der Waals surface area contributed by atoms with E-state index in [0.29, 0.717) is 24.5 Å². The Bertz CT molecular complexity index is 586. The molecule has 0 spiro atoms. The maximum atomic E-state index is 12.4. The lowest BCUT2D eigenvalue weighted by atomic mass is 9.85. The maximum Gasteiger partial charge on any atom is 0.223 e. The van der Waals surface area contributed by atoms with Crippen LogP contribution in [-0.2, 0) is 17.8 Å². The Labute approximate surface area is 144 Å². The molecular weight excluding hydrogens is 304 g/mol. The van der Waals surface area contributed by atoms with E-state index >= 15 is 0 Å². The highest BCUT2D eigenvalue weighted by molar-refractivity contribution is 5.78. The van der Waals surface area contributed by atoms with Crippen molar-refractivity contribution in [1.82, 2.24) is 5.32 Å². The standard InChI is InChI=1S/C19H28N2O3/c1-4-6-14-9-13(10-17(23-2)18(14)24-3)12-21-19(22)15-7-5-8-16(20)11-15/h4,9-10,15-16H,1,5-8,11-12,20H2,2-3H3,(H,21,22). The molecule has 5 nitrogen and oxygen atoms in total. The molecule has 24 heavy (non-hydrogen) atoms. The number of ether oxygens (including phenoxy) is 2. The van der Waals surface area contributed by atoms with E-state index in [2.05, 4.69) is 11.9 Å². The molecule has 0 heterocycles. The number of hydrogen-bond donors (Lipinski definition) is 2. The smallest absolute Gasteiger partial charge is 0.223 e. The van der Waals surface area contributed by atoms with Gasteiger partial charge in [-0.2, -0.15) is 0 Å². The van der Waals surface area contributed by atoms with Gasteiger partial charge in [0, 0.05) is 24.1 Å². The number of benzene rings is 1. The SMILES string of the molecule is C=CCc1cc(CNC(=O)C2CCCC(N)C2)cc(OC)c1OC. The molecule has 1 fully saturated rings. The fourth-order valence-corrected chi connectivity index (χ4v) is 3.31. The summed E-state index contributed by atoms with van der Waals surface area (Å²) in [6.07, 6.45) is 6.25. The highest BCUT2D eigenvalue weighted by atomic mass is 16.5. The Kier molecular flexibility index (Phi) is 6.67. The Morgan fingerprint density at radius 2 is 2.17 bits per heavy atom. The van der Waals surface area contributed by atoms with E-state index in [4.69, 9.17) is 15.2 Å². The van der Waals surface area contributed by atoms with E-state index in [1.54, 1.807) is 14.2 Å². The van der Waals surface area contributed by atoms with Crippen molar-refractivity contribution in [3.8, 4) is 11.5 Å². The predicted molar refractivity (Wildman–Crippen MR) is 95.2 cm³/mol. The predicted octanol–water partition coefficient (Wildman–Crippen LogP) is 2.57. The molecule has 1 aromatic carbocycles. The molecule has 132 valence electrons. The fourth-order valence-electron chi connectivity index (χ4n) is 3.31. The molecule has 1 saturated carbocycles. The van der Waals surface area contributed by atoms with Crippen molar-refractivity contribution in [1.29, 1.82) is 0 Å². The van der Waals surface area contributed by atoms with Crippen molar-refractivity contribution in [2.24, 2.45) is 11.7 Å². The van der Waals surface area contributed by atoms with Gasteiger partial charge in [-0.3, -0.25) is 4.79 Å². The van der Waals surface area contributed by atoms with Crippen molar-refractivity contribution >= 4 is 5.91 Å². The highest BCUT2D eigenvalue weighted by Crippen LogP contribution is 2.33. The number of allylic oxidation sites excluding steroid dienone is 1. The van der Waals surface area contributed by atoms with Crippen LogP contribution in [0.2, 0.25) is 0 Å². The van der Waals surface area contributed by atoms with Crippen LogP contribution in [-0.4, -0.2) is 26.2 Å². The van der Waals surface area contributed by atoms with Crippen LogP contribution in [0.1, 0.15) is 36.8 Å². The third-order valence-electron chi connectivity index (χ3n) is 4.53. The molecule has 2 atom stereocenters. The maximum absolute atomic E-state index is 12.4. The third-order valence-corrected chi connectivity index (χ3v) is 4.53. The van der Waals surface area contributed by atoms with Crippen LogP contribution >= 0.6 is 0 Å². The van der Waals surface area contributed by atoms with Gasteiger partial charge in [0.25, 0.3) is 0 Å². The zero-order valence-corrected chi connectivity index (χ0v) is 14.6. The first-order valence-electron chi connectivity index (χ1n) is 8.47. The Morgan fingerprint density at radius 1 is 1.38 bits per heavy atom. The summed E-state index contributed by atoms with van der Waals surface area (Å²) in [5.74, 6) is 1.50. The van der Waals surface area contributed by atoms with Crippen LogP contribution in [0.4, 0.5) is 0 Å². The molecule has 0 aliphatic heterocycles. The first-order chi connectivity index (χ1) is 11.6. The van der Waals surface area contributed by atoms with Gasteiger partial charge in [0.05, 0.1) is 14.2 Å². The fraction of sp³-hybridized carbons (Fsp3) is 0.526. The van der Waals surface area contributed by atoms with Crippen molar-refractivity contribution in [3.05, 3.63) is 35.9 Å². The Morgan fingerprint density at radius 3 is 2.79 bits per heavy atom. The average molecular weight is 332 g/mol. The summed E-state index contributed by atoms with van der Waals surface area (Å²) < 4.78 is 10.8. The van der Waals surface area contributed by atoms with Crippen LogP contribution in [0.15, 0.2) is 24.8 Å². The minimum atomic E-state index is 0.0292. The Hall–Kier alpha value is -2.01. The number of hydrogen-bond acceptors (Lipinski definition) is 4. The van der Waals surface area contributed by atoms with Crippen LogP contribution in [0.25, 0.3) is 0 Å². The first-order valence-corrected chi connectivity index (χ1v) is 8.47. The van der Waals surface area contributed by atoms with E-state index in [1.165, 1.54) is 0 Å². The largest absolute Gasteiger partial charge is 0.493 e. The third kappa shape index (κ3) is 4.51. The van der Waals surface area contributed by atoms with Gasteiger partial charge >= 0.3 is 0 Å². The van der Waals surface area contributed by atoms with Gasteiger partial charge in [-0.25, -0.2) is 0 Å². The summed E-state index contributed by atoms with van der Waals surface area (Å²) in [7, 11) is 3.24. The van der Waals surface area contributed by atoms with Crippen molar-refractivity contribution in [2.45, 2.75) is 44.7 Å². The lowest BCUT2D eigenvalue weighted by Crippen LogP contribution is -2.37. The molecule has 1 aliphatic rings. The zero-order valence-electron chi connectivity index (χ0n) is 14.6. The van der Waals surface area contributed by atoms with E-state index in [9.17, 15) is 4.79 Å². The molecule has 0 radical (unpaired) electrons. The van der Waals surface area contributed by atoms with Gasteiger partial charge in [-0.15, -0.1) is 6.58 Å². The number of nitrogens with two attached hydrogens (primary N) is 1. The van der Waals surface area contributed by atoms with E-state index in [-0.39, 0.29) is 17.9 Å². The number of nitrogens with one attached hydrogen (secondary N) is 1. The van der Waals surface area contributed by atoms with Crippen LogP contribution < -0.4 is 20.5 Å². The number of amides is 1. The summed E-state index contributed by atoms with van der Waals surface area (Å²) in [5.41, 5.74) is 7.95. The van der Waals surface area contributed by atoms with Gasteiger partial charge in [-0.1, -0.05) is 12.5 Å². The summed E-state index contributed by atoms with van der Waals surface area (Å²) >= 11 is 0. The summed E-state index contributed by atoms with van der Waals surface area (Å²) in [5, 5.41) is 3.03. The molecule has 0 saturated heterocycles. The normalized spacial score (nSPS) is 20.3. The van der Waals surface area contributed by atoms with Gasteiger partial charge in [0.15, 0.2) is 11.5 Å². The number of rotatable bonds is 7. The lowest BCUT2D eigenvalue weighted by molar-refractivity contribution is -0.126. The van der Waals surface area contributed by atoms with Crippen molar-refractivity contribution in [3.63, 3.8) is 0 Å². The van der Waals surface area contributed by atoms with Crippen LogP contribution in [0.5, 0.6) is 11.5 Å². The summed E-state index contributed by atoms with van der Waals surface area (Å²) in [6.45, 7) is 4.25. The topological polar surface area (TPSA) is 73.6 Å². The van der Waals surface area contributed by atoms with E-state index in [1.807, 2.05) is 18.2 Å². The number of carbonyl (C=O) groups is 1. The molecule has 2 unspecified atom stereocenters. The molecule has 1 amide bonds. The first kappa shape index (κ1) is 18.3. The highest BCUT2D eigenvalue weighted by Gasteiger charge is 2.25. The van der Waals surface area contributed by atoms with Gasteiger partial charge in [-0.05, 0) is 43.4 Å². The molecule has 0 aromatic heterocycles. The summed E-state index contributed by atoms with van der Waals surface area (Å²) in [6, 6.07) is 4.07. The van der Waals surface area contributed by atoms with Crippen molar-refractivity contribution in [2.75, 3.05) is 14.2 Å². The zero-order chi connectivity index (χ0) is 17.5. The molecule has 2 rings (SSSR count). The summed E-state index contributed by atoms with van der Waals surface area (Å²) in [4.78, 5) is 12.4. The number of methoxy groups -OCH3 is 2. The van der Waals surface area contributed by atoms with E-state index in [0.717, 1.165) is 36.8 Å². The minimum absolute atomic E-state index is 0.0292. The van der Waals surface area contributed by atoms with Crippen molar-refractivity contribution < 1.29 is 14.3 Å². The average Bonchev–Trinajstić information content (AvgIpc) is 2.59. The second-order valence-corrected chi connectivity index (χ2v) is 6.32. The molecular formula is C19H28N2O3. The van der Waals surface area contributed by atoms with Gasteiger partial charge < -0.3 is 20.5 Å². The molecule has 5 heteroatoms. The molecule has 0 bridgehead atoms. The van der Waals surface area contributed by atoms with Gasteiger partial charge in [0.2, 0.25) is 5.91 Å². The monoisotopic (exact) mass is 332 g/mol. The van der Waals surface area contributed by atoms with Crippen LogP contribution in [0.3, 0.4) is 0 Å². The molecule has 3 N–H and O–H groups in total. The second kappa shape index (κ2) is 8.73. The molecule has 1 aliphatic carbocycles. The van der Waals surface area contributed by atoms with Gasteiger partial charge in [0.1, 0.15) is 0 Å². The van der Waals surface area contributed by atoms with Crippen LogP contribution in [0, 0.1) is 5.92 Å². The Balaban J connectivity index is 2.07. The molecule has 1 aromatic rings. The minimum Gasteiger partial charge on any atom is -0.493 e. The second-order valence-electron chi connectivity index (χ2n) is 6.32.